The first-order chi connectivity index (χ1) is 28.0. The Balaban J connectivity index is 1.26. The van der Waals surface area contributed by atoms with Crippen LogP contribution in [0.1, 0.15) is 104 Å². The molecule has 0 unspecified atom stereocenters. The van der Waals surface area contributed by atoms with Crippen LogP contribution in [0.5, 0.6) is 0 Å². The summed E-state index contributed by atoms with van der Waals surface area (Å²) in [4.78, 5) is 2.74. The topological polar surface area (TPSA) is 21.3 Å². The van der Waals surface area contributed by atoms with E-state index in [0.717, 1.165) is 11.2 Å². The van der Waals surface area contributed by atoms with Crippen LogP contribution in [0.3, 0.4) is 0 Å². The smallest absolute Gasteiger partial charge is 0.343 e. The average Bonchev–Trinajstić information content (AvgIpc) is 3.86. The number of rotatable bonds is 1. The Labute approximate surface area is 351 Å². The number of benzene rings is 6. The number of thiophene rings is 1. The van der Waals surface area contributed by atoms with Gasteiger partial charge in [-0.15, -0.1) is 11.3 Å². The van der Waals surface area contributed by atoms with Crippen LogP contribution in [-0.2, 0) is 21.7 Å². The van der Waals surface area contributed by atoms with E-state index in [1.54, 1.807) is 0 Å². The molecular formula is C54H51BN2OS. The van der Waals surface area contributed by atoms with Crippen LogP contribution in [0.25, 0.3) is 70.6 Å². The molecule has 0 N–H and O–H groups in total. The van der Waals surface area contributed by atoms with Gasteiger partial charge in [-0.3, -0.25) is 0 Å². The summed E-state index contributed by atoms with van der Waals surface area (Å²) in [6.45, 7) is 23.8. The standard InChI is InChI=1S/C54H51BN2OS/c1-51(2,3)30-15-18-32(19-16-30)57-43-28-41-40(53(7,8)23-24-54(41,9)10)27-37(43)34-20-21-35-36-26-38-33-13-11-12-14-44(33)58-45(38)29-42(36)56-48(35)47(34)55(57)50-49(56)39-25-31(52(4,5)6)17-22-46(39)59-50/h11-22,25-29H,23-24H2,1-10H3. The van der Waals surface area contributed by atoms with E-state index in [2.05, 4.69) is 182 Å². The summed E-state index contributed by atoms with van der Waals surface area (Å²) < 4.78 is 12.0. The van der Waals surface area contributed by atoms with Crippen molar-refractivity contribution in [1.82, 2.24) is 4.57 Å². The third-order valence-electron chi connectivity index (χ3n) is 14.6. The third kappa shape index (κ3) is 4.77. The summed E-state index contributed by atoms with van der Waals surface area (Å²) in [5.41, 5.74) is 18.4. The van der Waals surface area contributed by atoms with E-state index in [-0.39, 0.29) is 28.5 Å². The van der Waals surface area contributed by atoms with Gasteiger partial charge in [0.2, 0.25) is 0 Å². The van der Waals surface area contributed by atoms with Gasteiger partial charge in [0, 0.05) is 59.4 Å². The zero-order chi connectivity index (χ0) is 40.7. The van der Waals surface area contributed by atoms with Crippen LogP contribution in [-0.4, -0.2) is 11.4 Å². The molecule has 0 saturated carbocycles. The fourth-order valence-corrected chi connectivity index (χ4v) is 12.3. The number of hydrogen-bond donors (Lipinski definition) is 0. The van der Waals surface area contributed by atoms with Gasteiger partial charge in [-0.2, -0.15) is 0 Å². The predicted molar refractivity (Wildman–Crippen MR) is 255 cm³/mol. The Bertz CT molecular complexity index is 3300. The Morgan fingerprint density at radius 3 is 2.03 bits per heavy atom. The van der Waals surface area contributed by atoms with Crippen molar-refractivity contribution >= 4 is 93.6 Å². The monoisotopic (exact) mass is 786 g/mol. The molecule has 0 radical (unpaired) electrons. The lowest BCUT2D eigenvalue weighted by Crippen LogP contribution is -2.59. The number of hydrogen-bond acceptors (Lipinski definition) is 3. The first kappa shape index (κ1) is 35.7. The molecule has 0 atom stereocenters. The van der Waals surface area contributed by atoms with Gasteiger partial charge in [0.05, 0.1) is 16.7 Å². The lowest BCUT2D eigenvalue weighted by molar-refractivity contribution is 0.332. The summed E-state index contributed by atoms with van der Waals surface area (Å²) >= 11 is 1.98. The molecule has 5 heteroatoms. The maximum Gasteiger partial charge on any atom is 0.343 e. The summed E-state index contributed by atoms with van der Waals surface area (Å²) in [5.74, 6) is 0. The molecule has 3 aromatic heterocycles. The highest BCUT2D eigenvalue weighted by Crippen LogP contribution is 2.53. The fourth-order valence-electron chi connectivity index (χ4n) is 11.0. The van der Waals surface area contributed by atoms with E-state index in [0.29, 0.717) is 0 Å². The highest BCUT2D eigenvalue weighted by Gasteiger charge is 2.47. The molecule has 9 aromatic rings. The Kier molecular flexibility index (Phi) is 6.84. The second-order valence-electron chi connectivity index (χ2n) is 21.3. The van der Waals surface area contributed by atoms with E-state index in [9.17, 15) is 0 Å². The molecule has 0 fully saturated rings. The van der Waals surface area contributed by atoms with Crippen molar-refractivity contribution in [1.29, 1.82) is 0 Å². The molecule has 0 spiro atoms. The Morgan fingerprint density at radius 1 is 0.610 bits per heavy atom. The van der Waals surface area contributed by atoms with Gasteiger partial charge in [-0.25, -0.2) is 0 Å². The number of fused-ring (bicyclic) bond motifs is 14. The van der Waals surface area contributed by atoms with Gasteiger partial charge in [-0.05, 0) is 116 Å². The van der Waals surface area contributed by atoms with E-state index in [1.807, 2.05) is 11.3 Å². The van der Waals surface area contributed by atoms with E-state index < -0.39 is 0 Å². The predicted octanol–water partition coefficient (Wildman–Crippen LogP) is 14.1. The molecule has 3 aliphatic rings. The van der Waals surface area contributed by atoms with Crippen LogP contribution in [0.2, 0.25) is 0 Å². The Hall–Kier alpha value is -5.26. The zero-order valence-corrected chi connectivity index (χ0v) is 36.8. The van der Waals surface area contributed by atoms with E-state index >= 15 is 0 Å². The van der Waals surface area contributed by atoms with Crippen LogP contribution in [0.15, 0.2) is 108 Å². The zero-order valence-electron chi connectivity index (χ0n) is 36.0. The molecule has 5 heterocycles. The van der Waals surface area contributed by atoms with Crippen LogP contribution >= 0.6 is 11.3 Å². The lowest BCUT2D eigenvalue weighted by Gasteiger charge is -2.46. The van der Waals surface area contributed by atoms with E-state index in [1.165, 1.54) is 116 Å². The summed E-state index contributed by atoms with van der Waals surface area (Å²) in [5, 5.41) is 6.26. The van der Waals surface area contributed by atoms with Gasteiger partial charge >= 0.3 is 6.85 Å². The molecular weight excluding hydrogens is 735 g/mol. The molecule has 0 amide bonds. The highest BCUT2D eigenvalue weighted by atomic mass is 32.1. The number of anilines is 2. The molecule has 6 aromatic carbocycles. The third-order valence-corrected chi connectivity index (χ3v) is 15.8. The molecule has 12 rings (SSSR count). The quantitative estimate of drug-likeness (QED) is 0.155. The minimum atomic E-state index is -0.00873. The largest absolute Gasteiger partial charge is 0.456 e. The number of nitrogens with zero attached hydrogens (tertiary/aromatic N) is 2. The van der Waals surface area contributed by atoms with Crippen molar-refractivity contribution in [3.63, 3.8) is 0 Å². The number of furan rings is 1. The van der Waals surface area contributed by atoms with Crippen molar-refractivity contribution in [3.05, 3.63) is 125 Å². The summed E-state index contributed by atoms with van der Waals surface area (Å²) in [6.07, 6.45) is 2.37. The second kappa shape index (κ2) is 11.3. The molecule has 0 saturated heterocycles. The molecule has 292 valence electrons. The normalized spacial score (nSPS) is 16.7. The van der Waals surface area contributed by atoms with Crippen LogP contribution < -0.4 is 15.1 Å². The van der Waals surface area contributed by atoms with Crippen molar-refractivity contribution < 1.29 is 4.42 Å². The molecule has 1 aliphatic carbocycles. The number of para-hydroxylation sites is 1. The SMILES string of the molecule is CC(C)(C)c1ccc(N2B3c4sc5ccc(C(C)(C)C)cc5c4-n4c5cc6oc7ccccc7c6cc5c5ccc(c3c54)-c3cc4c(cc32)C(C)(C)CCC4(C)C)cc1. The van der Waals surface area contributed by atoms with E-state index in [4.69, 9.17) is 4.42 Å². The average molecular weight is 787 g/mol. The van der Waals surface area contributed by atoms with Gasteiger partial charge in [0.1, 0.15) is 11.2 Å². The molecule has 59 heavy (non-hydrogen) atoms. The van der Waals surface area contributed by atoms with Crippen molar-refractivity contribution in [2.75, 3.05) is 4.81 Å². The lowest BCUT2D eigenvalue weighted by atomic mass is 9.47. The minimum Gasteiger partial charge on any atom is -0.456 e. The van der Waals surface area contributed by atoms with Crippen molar-refractivity contribution in [2.24, 2.45) is 0 Å². The first-order valence-corrected chi connectivity index (χ1v) is 22.4. The maximum atomic E-state index is 6.63. The summed E-state index contributed by atoms with van der Waals surface area (Å²) in [7, 11) is 0. The molecule has 3 nitrogen and oxygen atoms in total. The van der Waals surface area contributed by atoms with Crippen molar-refractivity contribution in [2.45, 2.75) is 104 Å². The second-order valence-corrected chi connectivity index (χ2v) is 22.3. The van der Waals surface area contributed by atoms with Crippen molar-refractivity contribution in [3.8, 4) is 16.8 Å². The highest BCUT2D eigenvalue weighted by molar-refractivity contribution is 7.32. The van der Waals surface area contributed by atoms with Gasteiger partial charge in [0.15, 0.2) is 0 Å². The van der Waals surface area contributed by atoms with Gasteiger partial charge in [-0.1, -0.05) is 118 Å². The molecule has 2 aliphatic heterocycles. The Morgan fingerprint density at radius 2 is 1.31 bits per heavy atom. The van der Waals surface area contributed by atoms with Gasteiger partial charge in [0.25, 0.3) is 0 Å². The minimum absolute atomic E-state index is 0.00873. The fraction of sp³-hybridized carbons (Fsp3) is 0.296. The maximum absolute atomic E-state index is 6.63. The van der Waals surface area contributed by atoms with Gasteiger partial charge < -0.3 is 13.8 Å². The summed E-state index contributed by atoms with van der Waals surface area (Å²) in [6, 6.07) is 40.2. The van der Waals surface area contributed by atoms with Crippen LogP contribution in [0, 0.1) is 0 Å². The number of aromatic nitrogens is 1. The first-order valence-electron chi connectivity index (χ1n) is 21.6. The molecule has 0 bridgehead atoms. The van der Waals surface area contributed by atoms with Crippen LogP contribution in [0.4, 0.5) is 11.4 Å².